The Hall–Kier alpha value is -2.67. The topological polar surface area (TPSA) is 98.5 Å². The highest BCUT2D eigenvalue weighted by atomic mass is 79.9. The highest BCUT2D eigenvalue weighted by molar-refractivity contribution is 9.10. The molecule has 2 amide bonds. The van der Waals surface area contributed by atoms with Crippen LogP contribution >= 0.6 is 15.9 Å². The number of halogens is 1. The van der Waals surface area contributed by atoms with Crippen LogP contribution in [0.5, 0.6) is 0 Å². The normalized spacial score (nSPS) is 11.4. The van der Waals surface area contributed by atoms with Gasteiger partial charge in [0.15, 0.2) is 0 Å². The maximum Gasteiger partial charge on any atom is 0.337 e. The molecule has 2 aromatic carbocycles. The van der Waals surface area contributed by atoms with Crippen molar-refractivity contribution in [3.63, 3.8) is 0 Å². The van der Waals surface area contributed by atoms with Crippen molar-refractivity contribution in [1.82, 2.24) is 5.32 Å². The fraction of sp³-hybridized carbons (Fsp3) is 0.167. The number of ether oxygens (including phenoxy) is 1. The summed E-state index contributed by atoms with van der Waals surface area (Å²) < 4.78 is 5.45. The van der Waals surface area contributed by atoms with Crippen LogP contribution in [0.25, 0.3) is 0 Å². The molecule has 0 spiro atoms. The van der Waals surface area contributed by atoms with E-state index in [1.807, 2.05) is 24.3 Å². The average Bonchev–Trinajstić information content (AvgIpc) is 2.62. The number of carbonyl (C=O) groups excluding carboxylic acids is 3. The van der Waals surface area contributed by atoms with Crippen LogP contribution in [0.1, 0.15) is 26.3 Å². The first-order valence-electron chi connectivity index (χ1n) is 7.44. The van der Waals surface area contributed by atoms with Crippen LogP contribution in [0.15, 0.2) is 53.0 Å². The average molecular weight is 405 g/mol. The van der Waals surface area contributed by atoms with E-state index in [2.05, 4.69) is 26.0 Å². The molecule has 130 valence electrons. The molecular formula is C18H17BrN2O4. The van der Waals surface area contributed by atoms with Crippen LogP contribution < -0.4 is 11.1 Å². The van der Waals surface area contributed by atoms with E-state index in [0.29, 0.717) is 0 Å². The van der Waals surface area contributed by atoms with Gasteiger partial charge >= 0.3 is 5.97 Å². The van der Waals surface area contributed by atoms with Crippen LogP contribution in [0.4, 0.5) is 0 Å². The van der Waals surface area contributed by atoms with Gasteiger partial charge in [0, 0.05) is 16.5 Å². The van der Waals surface area contributed by atoms with Crippen molar-refractivity contribution in [3.05, 3.63) is 69.7 Å². The van der Waals surface area contributed by atoms with Gasteiger partial charge in [-0.05, 0) is 29.8 Å². The molecule has 0 radical (unpaired) electrons. The first kappa shape index (κ1) is 18.7. The smallest absolute Gasteiger partial charge is 0.337 e. The number of nitrogens with one attached hydrogen (secondary N) is 1. The molecule has 0 saturated carbocycles. The summed E-state index contributed by atoms with van der Waals surface area (Å²) in [5.41, 5.74) is 6.74. The van der Waals surface area contributed by atoms with Gasteiger partial charge in [-0.15, -0.1) is 0 Å². The maximum absolute atomic E-state index is 12.4. The Balaban J connectivity index is 2.17. The summed E-state index contributed by atoms with van der Waals surface area (Å²) in [6.45, 7) is 0. The summed E-state index contributed by atoms with van der Waals surface area (Å²) in [7, 11) is 1.26. The van der Waals surface area contributed by atoms with Crippen molar-refractivity contribution in [2.45, 2.75) is 12.5 Å². The van der Waals surface area contributed by atoms with Crippen molar-refractivity contribution in [1.29, 1.82) is 0 Å². The molecule has 25 heavy (non-hydrogen) atoms. The lowest BCUT2D eigenvalue weighted by atomic mass is 10.0. The minimum absolute atomic E-state index is 0.237. The molecule has 0 aliphatic carbocycles. The lowest BCUT2D eigenvalue weighted by Crippen LogP contribution is -2.45. The third-order valence-electron chi connectivity index (χ3n) is 3.58. The first-order valence-corrected chi connectivity index (χ1v) is 8.23. The van der Waals surface area contributed by atoms with Gasteiger partial charge in [0.25, 0.3) is 5.91 Å². The van der Waals surface area contributed by atoms with Gasteiger partial charge in [-0.2, -0.15) is 0 Å². The van der Waals surface area contributed by atoms with Crippen molar-refractivity contribution in [2.24, 2.45) is 5.73 Å². The van der Waals surface area contributed by atoms with Crippen molar-refractivity contribution < 1.29 is 19.1 Å². The molecule has 7 heteroatoms. The van der Waals surface area contributed by atoms with E-state index >= 15 is 0 Å². The number of hydrogen-bond donors (Lipinski definition) is 2. The summed E-state index contributed by atoms with van der Waals surface area (Å²) in [6.07, 6.45) is 0.249. The number of hydrogen-bond acceptors (Lipinski definition) is 4. The van der Waals surface area contributed by atoms with Gasteiger partial charge in [-0.3, -0.25) is 9.59 Å². The van der Waals surface area contributed by atoms with Crippen LogP contribution in [0.2, 0.25) is 0 Å². The molecule has 0 aliphatic rings. The summed E-state index contributed by atoms with van der Waals surface area (Å²) in [4.78, 5) is 35.7. The van der Waals surface area contributed by atoms with E-state index in [-0.39, 0.29) is 17.5 Å². The molecule has 3 N–H and O–H groups in total. The lowest BCUT2D eigenvalue weighted by Gasteiger charge is -2.16. The molecular weight excluding hydrogens is 388 g/mol. The van der Waals surface area contributed by atoms with Gasteiger partial charge in [0.1, 0.15) is 6.04 Å². The fourth-order valence-corrected chi connectivity index (χ4v) is 2.70. The van der Waals surface area contributed by atoms with Gasteiger partial charge in [0.2, 0.25) is 5.91 Å². The van der Waals surface area contributed by atoms with Crippen molar-refractivity contribution in [2.75, 3.05) is 7.11 Å². The highest BCUT2D eigenvalue weighted by Crippen LogP contribution is 2.17. The molecule has 0 unspecified atom stereocenters. The minimum Gasteiger partial charge on any atom is -0.465 e. The van der Waals surface area contributed by atoms with Crippen molar-refractivity contribution in [3.8, 4) is 0 Å². The van der Waals surface area contributed by atoms with Gasteiger partial charge in [-0.1, -0.05) is 40.2 Å². The second-order valence-corrected chi connectivity index (χ2v) is 6.15. The quantitative estimate of drug-likeness (QED) is 0.719. The highest BCUT2D eigenvalue weighted by Gasteiger charge is 2.21. The Kier molecular flexibility index (Phi) is 6.30. The zero-order valence-electron chi connectivity index (χ0n) is 13.5. The standard InChI is InChI=1S/C18H17BrN2O4/c1-25-18(24)13-7-4-6-12(9-13)17(23)21-15(16(20)22)10-11-5-2-3-8-14(11)19/h2-9,15H,10H2,1H3,(H2,20,22)(H,21,23)/t15-/m1/s1. The number of nitrogens with two attached hydrogens (primary N) is 1. The second kappa shape index (κ2) is 8.43. The molecule has 6 nitrogen and oxygen atoms in total. The predicted octanol–water partition coefficient (Wildman–Crippen LogP) is 2.06. The molecule has 1 atom stereocenters. The number of primary amides is 1. The number of rotatable bonds is 6. The minimum atomic E-state index is -0.881. The molecule has 0 bridgehead atoms. The lowest BCUT2D eigenvalue weighted by molar-refractivity contribution is -0.119. The van der Waals surface area contributed by atoms with Crippen LogP contribution in [-0.4, -0.2) is 30.9 Å². The second-order valence-electron chi connectivity index (χ2n) is 5.30. The molecule has 0 heterocycles. The van der Waals surface area contributed by atoms with Gasteiger partial charge < -0.3 is 15.8 Å². The van der Waals surface area contributed by atoms with Gasteiger partial charge in [0.05, 0.1) is 12.7 Å². The van der Waals surface area contributed by atoms with Crippen LogP contribution in [0, 0.1) is 0 Å². The van der Waals surface area contributed by atoms with E-state index in [1.54, 1.807) is 6.07 Å². The summed E-state index contributed by atoms with van der Waals surface area (Å²) in [6, 6.07) is 12.5. The maximum atomic E-state index is 12.4. The Morgan fingerprint density at radius 1 is 1.12 bits per heavy atom. The van der Waals surface area contributed by atoms with Crippen LogP contribution in [0.3, 0.4) is 0 Å². The summed E-state index contributed by atoms with van der Waals surface area (Å²) in [5, 5.41) is 2.61. The first-order chi connectivity index (χ1) is 11.9. The predicted molar refractivity (Wildman–Crippen MR) is 96.1 cm³/mol. The third kappa shape index (κ3) is 4.90. The number of amides is 2. The number of methoxy groups -OCH3 is 1. The summed E-state index contributed by atoms with van der Waals surface area (Å²) in [5.74, 6) is -1.69. The van der Waals surface area contributed by atoms with E-state index in [0.717, 1.165) is 10.0 Å². The summed E-state index contributed by atoms with van der Waals surface area (Å²) >= 11 is 3.40. The monoisotopic (exact) mass is 404 g/mol. The SMILES string of the molecule is COC(=O)c1cccc(C(=O)N[C@H](Cc2ccccc2Br)C(N)=O)c1. The van der Waals surface area contributed by atoms with E-state index < -0.39 is 23.8 Å². The molecule has 2 aromatic rings. The zero-order valence-corrected chi connectivity index (χ0v) is 15.1. The molecule has 0 fully saturated rings. The number of benzene rings is 2. The number of carbonyl (C=O) groups is 3. The number of esters is 1. The van der Waals surface area contributed by atoms with E-state index in [1.165, 1.54) is 25.3 Å². The largest absolute Gasteiger partial charge is 0.465 e. The van der Waals surface area contributed by atoms with Crippen molar-refractivity contribution >= 4 is 33.7 Å². The fourth-order valence-electron chi connectivity index (χ4n) is 2.25. The third-order valence-corrected chi connectivity index (χ3v) is 4.35. The molecule has 0 saturated heterocycles. The van der Waals surface area contributed by atoms with E-state index in [9.17, 15) is 14.4 Å². The Morgan fingerprint density at radius 2 is 1.80 bits per heavy atom. The Bertz CT molecular complexity index is 807. The Morgan fingerprint density at radius 3 is 2.44 bits per heavy atom. The molecule has 0 aliphatic heterocycles. The molecule has 0 aromatic heterocycles. The Labute approximate surface area is 153 Å². The van der Waals surface area contributed by atoms with E-state index in [4.69, 9.17) is 5.73 Å². The zero-order chi connectivity index (χ0) is 18.4. The van der Waals surface area contributed by atoms with Crippen LogP contribution in [-0.2, 0) is 16.0 Å². The molecule has 2 rings (SSSR count). The van der Waals surface area contributed by atoms with Gasteiger partial charge in [-0.25, -0.2) is 4.79 Å².